The number of piperidine rings is 1. The van der Waals surface area contributed by atoms with Gasteiger partial charge in [0, 0.05) is 29.2 Å². The van der Waals surface area contributed by atoms with E-state index in [0.717, 1.165) is 18.4 Å². The number of hydrogen-bond donors (Lipinski definition) is 1. The van der Waals surface area contributed by atoms with Crippen molar-refractivity contribution in [1.29, 1.82) is 0 Å². The standard InChI is InChI=1S/C17H21ClN2O/c1-20-14-7-8-15(20)11-13(10-14)19-17(21)9-6-12-4-2-3-5-16(12)18/h2-6,9,13-15H,7-8,10-11H2,1H3,(H,19,21). The minimum Gasteiger partial charge on any atom is -0.350 e. The van der Waals surface area contributed by atoms with Crippen molar-refractivity contribution in [1.82, 2.24) is 10.2 Å². The molecule has 3 rings (SSSR count). The van der Waals surface area contributed by atoms with Gasteiger partial charge in [-0.2, -0.15) is 0 Å². The predicted octanol–water partition coefficient (Wildman–Crippen LogP) is 3.09. The lowest BCUT2D eigenvalue weighted by atomic mass is 9.98. The molecule has 0 radical (unpaired) electrons. The van der Waals surface area contributed by atoms with Gasteiger partial charge in [0.25, 0.3) is 0 Å². The first-order valence-corrected chi connectivity index (χ1v) is 7.96. The zero-order valence-corrected chi connectivity index (χ0v) is 13.0. The topological polar surface area (TPSA) is 32.3 Å². The van der Waals surface area contributed by atoms with Crippen LogP contribution in [0.1, 0.15) is 31.2 Å². The molecule has 1 amide bonds. The fraction of sp³-hybridized carbons (Fsp3) is 0.471. The first-order valence-electron chi connectivity index (χ1n) is 7.58. The summed E-state index contributed by atoms with van der Waals surface area (Å²) in [4.78, 5) is 14.5. The number of halogens is 1. The third-order valence-corrected chi connectivity index (χ3v) is 5.11. The van der Waals surface area contributed by atoms with Crippen LogP contribution >= 0.6 is 11.6 Å². The fourth-order valence-electron chi connectivity index (χ4n) is 3.55. The van der Waals surface area contributed by atoms with Crippen molar-refractivity contribution in [2.24, 2.45) is 0 Å². The molecule has 112 valence electrons. The number of amides is 1. The third kappa shape index (κ3) is 3.30. The van der Waals surface area contributed by atoms with E-state index in [1.807, 2.05) is 24.3 Å². The van der Waals surface area contributed by atoms with Crippen molar-refractivity contribution in [2.45, 2.75) is 43.8 Å². The molecule has 21 heavy (non-hydrogen) atoms. The molecule has 2 heterocycles. The van der Waals surface area contributed by atoms with Gasteiger partial charge in [0.2, 0.25) is 5.91 Å². The van der Waals surface area contributed by atoms with Crippen molar-refractivity contribution in [3.8, 4) is 0 Å². The van der Waals surface area contributed by atoms with Crippen molar-refractivity contribution < 1.29 is 4.79 Å². The number of carbonyl (C=O) groups is 1. The predicted molar refractivity (Wildman–Crippen MR) is 86.2 cm³/mol. The van der Waals surface area contributed by atoms with Gasteiger partial charge in [-0.3, -0.25) is 4.79 Å². The van der Waals surface area contributed by atoms with Crippen LogP contribution in [0.25, 0.3) is 6.08 Å². The van der Waals surface area contributed by atoms with Crippen molar-refractivity contribution in [3.05, 3.63) is 40.9 Å². The van der Waals surface area contributed by atoms with E-state index < -0.39 is 0 Å². The molecular weight excluding hydrogens is 284 g/mol. The highest BCUT2D eigenvalue weighted by Crippen LogP contribution is 2.34. The maximum Gasteiger partial charge on any atom is 0.244 e. The van der Waals surface area contributed by atoms with Gasteiger partial charge in [-0.05, 0) is 50.4 Å². The van der Waals surface area contributed by atoms with Gasteiger partial charge in [-0.1, -0.05) is 29.8 Å². The molecule has 2 aliphatic rings. The molecule has 0 aromatic heterocycles. The van der Waals surface area contributed by atoms with E-state index in [4.69, 9.17) is 11.6 Å². The molecule has 1 aromatic rings. The Bertz CT molecular complexity index is 543. The fourth-order valence-corrected chi connectivity index (χ4v) is 3.75. The second-order valence-corrected chi connectivity index (χ2v) is 6.49. The molecule has 0 saturated carbocycles. The summed E-state index contributed by atoms with van der Waals surface area (Å²) in [6, 6.07) is 9.12. The second-order valence-electron chi connectivity index (χ2n) is 6.08. The Labute approximate surface area is 131 Å². The molecule has 1 N–H and O–H groups in total. The molecule has 2 atom stereocenters. The van der Waals surface area contributed by atoms with Crippen molar-refractivity contribution in [3.63, 3.8) is 0 Å². The molecule has 2 fully saturated rings. The van der Waals surface area contributed by atoms with Crippen molar-refractivity contribution >= 4 is 23.6 Å². The number of nitrogens with zero attached hydrogens (tertiary/aromatic N) is 1. The maximum atomic E-state index is 12.1. The summed E-state index contributed by atoms with van der Waals surface area (Å²) >= 11 is 6.07. The van der Waals surface area contributed by atoms with Crippen LogP contribution in [0.5, 0.6) is 0 Å². The Kier molecular flexibility index (Phi) is 4.32. The third-order valence-electron chi connectivity index (χ3n) is 4.76. The summed E-state index contributed by atoms with van der Waals surface area (Å²) in [5, 5.41) is 3.80. The lowest BCUT2D eigenvalue weighted by Gasteiger charge is -2.36. The molecule has 3 nitrogen and oxygen atoms in total. The second kappa shape index (κ2) is 6.20. The van der Waals surface area contributed by atoms with Gasteiger partial charge < -0.3 is 10.2 Å². The van der Waals surface area contributed by atoms with Crippen molar-refractivity contribution in [2.75, 3.05) is 7.05 Å². The van der Waals surface area contributed by atoms with Crippen LogP contribution in [0.3, 0.4) is 0 Å². The number of nitrogens with one attached hydrogen (secondary N) is 1. The van der Waals surface area contributed by atoms with Gasteiger partial charge in [0.15, 0.2) is 0 Å². The monoisotopic (exact) mass is 304 g/mol. The smallest absolute Gasteiger partial charge is 0.244 e. The average molecular weight is 305 g/mol. The van der Waals surface area contributed by atoms with Crippen LogP contribution < -0.4 is 5.32 Å². The number of benzene rings is 1. The summed E-state index contributed by atoms with van der Waals surface area (Å²) in [7, 11) is 2.21. The average Bonchev–Trinajstić information content (AvgIpc) is 2.69. The van der Waals surface area contributed by atoms with Crippen LogP contribution in [-0.2, 0) is 4.79 Å². The SMILES string of the molecule is CN1C2CCC1CC(NC(=O)C=Cc1ccccc1Cl)C2. The lowest BCUT2D eigenvalue weighted by Crippen LogP contribution is -2.48. The zero-order valence-electron chi connectivity index (χ0n) is 12.3. The molecule has 2 unspecified atom stereocenters. The first kappa shape index (κ1) is 14.6. The Morgan fingerprint density at radius 3 is 2.62 bits per heavy atom. The Hall–Kier alpha value is -1.32. The highest BCUT2D eigenvalue weighted by atomic mass is 35.5. The first-order chi connectivity index (χ1) is 10.1. The van der Waals surface area contributed by atoms with Gasteiger partial charge in [-0.25, -0.2) is 0 Å². The van der Waals surface area contributed by atoms with E-state index in [0.29, 0.717) is 23.1 Å². The summed E-state index contributed by atoms with van der Waals surface area (Å²) < 4.78 is 0. The van der Waals surface area contributed by atoms with E-state index in [-0.39, 0.29) is 5.91 Å². The summed E-state index contributed by atoms with van der Waals surface area (Å²) in [5.74, 6) is -0.0242. The number of hydrogen-bond acceptors (Lipinski definition) is 2. The molecule has 1 aromatic carbocycles. The molecule has 0 spiro atoms. The summed E-state index contributed by atoms with van der Waals surface area (Å²) in [6.45, 7) is 0. The molecular formula is C17H21ClN2O. The van der Waals surface area contributed by atoms with E-state index in [1.54, 1.807) is 12.2 Å². The van der Waals surface area contributed by atoms with Gasteiger partial charge >= 0.3 is 0 Å². The Morgan fingerprint density at radius 2 is 1.95 bits per heavy atom. The largest absolute Gasteiger partial charge is 0.350 e. The van der Waals surface area contributed by atoms with E-state index in [2.05, 4.69) is 17.3 Å². The van der Waals surface area contributed by atoms with E-state index in [1.165, 1.54) is 12.8 Å². The Morgan fingerprint density at radius 1 is 1.29 bits per heavy atom. The number of carbonyl (C=O) groups excluding carboxylic acids is 1. The molecule has 2 saturated heterocycles. The highest BCUT2D eigenvalue weighted by Gasteiger charge is 2.38. The number of rotatable bonds is 3. The van der Waals surface area contributed by atoms with Crippen LogP contribution in [0, 0.1) is 0 Å². The lowest BCUT2D eigenvalue weighted by molar-refractivity contribution is -0.117. The van der Waals surface area contributed by atoms with Crippen LogP contribution in [0.2, 0.25) is 5.02 Å². The van der Waals surface area contributed by atoms with Crippen LogP contribution in [0.4, 0.5) is 0 Å². The van der Waals surface area contributed by atoms with E-state index in [9.17, 15) is 4.79 Å². The summed E-state index contributed by atoms with van der Waals surface area (Å²) in [6.07, 6.45) is 8.03. The quantitative estimate of drug-likeness (QED) is 0.870. The van der Waals surface area contributed by atoms with Crippen LogP contribution in [-0.4, -0.2) is 36.0 Å². The molecule has 2 bridgehead atoms. The molecule has 0 aliphatic carbocycles. The maximum absolute atomic E-state index is 12.1. The summed E-state index contributed by atoms with van der Waals surface area (Å²) in [5.41, 5.74) is 0.873. The van der Waals surface area contributed by atoms with Crippen LogP contribution in [0.15, 0.2) is 30.3 Å². The van der Waals surface area contributed by atoms with Gasteiger partial charge in [0.1, 0.15) is 0 Å². The normalized spacial score (nSPS) is 29.0. The van der Waals surface area contributed by atoms with Gasteiger partial charge in [-0.15, -0.1) is 0 Å². The highest BCUT2D eigenvalue weighted by molar-refractivity contribution is 6.32. The molecule has 2 aliphatic heterocycles. The minimum absolute atomic E-state index is 0.0242. The zero-order chi connectivity index (χ0) is 14.8. The van der Waals surface area contributed by atoms with Gasteiger partial charge in [0.05, 0.1) is 0 Å². The minimum atomic E-state index is -0.0242. The van der Waals surface area contributed by atoms with E-state index >= 15 is 0 Å². The Balaban J connectivity index is 1.57. The number of fused-ring (bicyclic) bond motifs is 2. The molecule has 4 heteroatoms.